The van der Waals surface area contributed by atoms with E-state index in [1.807, 2.05) is 20.8 Å². The van der Waals surface area contributed by atoms with Gasteiger partial charge in [-0.3, -0.25) is 4.79 Å². The highest BCUT2D eigenvalue weighted by Crippen LogP contribution is 2.20. The van der Waals surface area contributed by atoms with Gasteiger partial charge in [-0.15, -0.1) is 0 Å². The van der Waals surface area contributed by atoms with Gasteiger partial charge >= 0.3 is 0 Å². The number of halogens is 1. The molecule has 0 saturated heterocycles. The van der Waals surface area contributed by atoms with Crippen molar-refractivity contribution < 1.29 is 13.2 Å². The number of aryl methyl sites for hydroxylation is 1. The lowest BCUT2D eigenvalue weighted by atomic mass is 9.96. The molecule has 0 saturated carbocycles. The van der Waals surface area contributed by atoms with E-state index in [4.69, 9.17) is 10.7 Å². The normalized spacial score (nSPS) is 12.5. The van der Waals surface area contributed by atoms with Gasteiger partial charge in [-0.25, -0.2) is 8.42 Å². The Balaban J connectivity index is 3.04. The van der Waals surface area contributed by atoms with Crippen molar-refractivity contribution in [3.8, 4) is 0 Å². The molecule has 0 unspecified atom stereocenters. The second-order valence-electron chi connectivity index (χ2n) is 5.83. The lowest BCUT2D eigenvalue weighted by molar-refractivity contribution is 0.0736. The van der Waals surface area contributed by atoms with Gasteiger partial charge < -0.3 is 9.47 Å². The Morgan fingerprint density at radius 3 is 2.32 bits per heavy atom. The molecule has 0 bridgehead atoms. The summed E-state index contributed by atoms with van der Waals surface area (Å²) in [6, 6.07) is 1.30. The lowest BCUT2D eigenvalue weighted by Gasteiger charge is -2.26. The fourth-order valence-corrected chi connectivity index (χ4v) is 2.65. The molecule has 0 atom stereocenters. The monoisotopic (exact) mass is 306 g/mol. The van der Waals surface area contributed by atoms with Crippen LogP contribution in [0.1, 0.15) is 31.3 Å². The molecule has 1 aromatic heterocycles. The SMILES string of the molecule is CN(CC(C)(C)C)C(=O)c1cc(S(=O)(=O)Cl)cn1C. The largest absolute Gasteiger partial charge is 0.345 e. The van der Waals surface area contributed by atoms with Crippen molar-refractivity contribution in [3.05, 3.63) is 18.0 Å². The first-order chi connectivity index (χ1) is 8.42. The fraction of sp³-hybridized carbons (Fsp3) is 0.583. The molecule has 1 heterocycles. The topological polar surface area (TPSA) is 59.4 Å². The Hall–Kier alpha value is -1.01. The van der Waals surface area contributed by atoms with Gasteiger partial charge in [-0.05, 0) is 11.5 Å². The maximum absolute atomic E-state index is 12.3. The van der Waals surface area contributed by atoms with Crippen LogP contribution >= 0.6 is 10.7 Å². The first-order valence-corrected chi connectivity index (χ1v) is 8.09. The van der Waals surface area contributed by atoms with Gasteiger partial charge in [0.05, 0.1) is 0 Å². The van der Waals surface area contributed by atoms with Gasteiger partial charge in [0.15, 0.2) is 0 Å². The second-order valence-corrected chi connectivity index (χ2v) is 8.40. The Labute approximate surface area is 118 Å². The van der Waals surface area contributed by atoms with Crippen LogP contribution < -0.4 is 0 Å². The minimum atomic E-state index is -3.82. The molecule has 7 heteroatoms. The number of nitrogens with zero attached hydrogens (tertiary/aromatic N) is 2. The fourth-order valence-electron chi connectivity index (χ4n) is 1.86. The van der Waals surface area contributed by atoms with E-state index in [0.717, 1.165) is 0 Å². The van der Waals surface area contributed by atoms with Crippen LogP contribution in [0.5, 0.6) is 0 Å². The summed E-state index contributed by atoms with van der Waals surface area (Å²) in [6.07, 6.45) is 1.33. The average molecular weight is 307 g/mol. The number of carbonyl (C=O) groups excluding carboxylic acids is 1. The summed E-state index contributed by atoms with van der Waals surface area (Å²) in [6.45, 7) is 6.64. The highest BCUT2D eigenvalue weighted by molar-refractivity contribution is 8.13. The van der Waals surface area contributed by atoms with Crippen LogP contribution in [0.4, 0.5) is 0 Å². The van der Waals surface area contributed by atoms with Crippen molar-refractivity contribution in [2.24, 2.45) is 12.5 Å². The zero-order chi connectivity index (χ0) is 15.0. The minimum absolute atomic E-state index is 0.0308. The summed E-state index contributed by atoms with van der Waals surface area (Å²) in [5.74, 6) is -0.232. The molecule has 5 nitrogen and oxygen atoms in total. The van der Waals surface area contributed by atoms with Gasteiger partial charge in [0.25, 0.3) is 15.0 Å². The summed E-state index contributed by atoms with van der Waals surface area (Å²) in [4.78, 5) is 13.8. The lowest BCUT2D eigenvalue weighted by Crippen LogP contribution is -2.35. The van der Waals surface area contributed by atoms with Gasteiger partial charge in [-0.2, -0.15) is 0 Å². The molecule has 0 aliphatic carbocycles. The molecule has 1 amide bonds. The molecule has 1 rings (SSSR count). The molecule has 0 spiro atoms. The summed E-state index contributed by atoms with van der Waals surface area (Å²) in [5.41, 5.74) is 0.266. The zero-order valence-electron chi connectivity index (χ0n) is 11.8. The van der Waals surface area contributed by atoms with Crippen molar-refractivity contribution in [1.29, 1.82) is 0 Å². The maximum atomic E-state index is 12.3. The minimum Gasteiger partial charge on any atom is -0.345 e. The molecule has 0 aliphatic rings. The van der Waals surface area contributed by atoms with Crippen molar-refractivity contribution >= 4 is 25.6 Å². The third-order valence-electron chi connectivity index (χ3n) is 2.54. The van der Waals surface area contributed by atoms with E-state index in [1.165, 1.54) is 16.8 Å². The number of hydrogen-bond donors (Lipinski definition) is 0. The van der Waals surface area contributed by atoms with Crippen LogP contribution in [-0.4, -0.2) is 37.4 Å². The third-order valence-corrected chi connectivity index (χ3v) is 3.86. The van der Waals surface area contributed by atoms with E-state index in [9.17, 15) is 13.2 Å². The number of rotatable bonds is 3. The standard InChI is InChI=1S/C12H19ClN2O3S/c1-12(2,3)8-15(5)11(16)10-6-9(7-14(10)4)19(13,17)18/h6-7H,8H2,1-5H3. The van der Waals surface area contributed by atoms with E-state index in [-0.39, 0.29) is 16.2 Å². The highest BCUT2D eigenvalue weighted by Gasteiger charge is 2.23. The van der Waals surface area contributed by atoms with Crippen LogP contribution in [-0.2, 0) is 16.1 Å². The predicted molar refractivity (Wildman–Crippen MR) is 74.9 cm³/mol. The number of hydrogen-bond acceptors (Lipinski definition) is 3. The van der Waals surface area contributed by atoms with Crippen LogP contribution in [0.25, 0.3) is 0 Å². The van der Waals surface area contributed by atoms with Crippen LogP contribution in [0, 0.1) is 5.41 Å². The molecule has 0 radical (unpaired) electrons. The first-order valence-electron chi connectivity index (χ1n) is 5.78. The molecule has 0 aliphatic heterocycles. The quantitative estimate of drug-likeness (QED) is 0.803. The van der Waals surface area contributed by atoms with E-state index >= 15 is 0 Å². The Kier molecular flexibility index (Phi) is 4.37. The van der Waals surface area contributed by atoms with Gasteiger partial charge in [0.1, 0.15) is 10.6 Å². The predicted octanol–water partition coefficient (Wildman–Crippen LogP) is 2.07. The summed E-state index contributed by atoms with van der Waals surface area (Å²) in [7, 11) is 4.76. The van der Waals surface area contributed by atoms with Crippen molar-refractivity contribution in [2.75, 3.05) is 13.6 Å². The Morgan fingerprint density at radius 2 is 1.95 bits per heavy atom. The van der Waals surface area contributed by atoms with Crippen molar-refractivity contribution in [1.82, 2.24) is 9.47 Å². The van der Waals surface area contributed by atoms with Crippen molar-refractivity contribution in [3.63, 3.8) is 0 Å². The molecule has 1 aromatic rings. The zero-order valence-corrected chi connectivity index (χ0v) is 13.3. The smallest absolute Gasteiger partial charge is 0.270 e. The van der Waals surface area contributed by atoms with Crippen LogP contribution in [0.3, 0.4) is 0 Å². The van der Waals surface area contributed by atoms with Gasteiger partial charge in [0, 0.05) is 37.5 Å². The number of amides is 1. The van der Waals surface area contributed by atoms with E-state index in [1.54, 1.807) is 19.0 Å². The summed E-state index contributed by atoms with van der Waals surface area (Å²) >= 11 is 0. The number of carbonyl (C=O) groups is 1. The molecule has 0 N–H and O–H groups in total. The average Bonchev–Trinajstić information content (AvgIpc) is 2.56. The molecule has 0 aromatic carbocycles. The van der Waals surface area contributed by atoms with Gasteiger partial charge in [-0.1, -0.05) is 20.8 Å². The third kappa shape index (κ3) is 4.24. The molecule has 0 fully saturated rings. The molecular formula is C12H19ClN2O3S. The van der Waals surface area contributed by atoms with Crippen molar-refractivity contribution in [2.45, 2.75) is 25.7 Å². The summed E-state index contributed by atoms with van der Waals surface area (Å²) in [5, 5.41) is 0. The Bertz CT molecular complexity index is 585. The maximum Gasteiger partial charge on any atom is 0.270 e. The second kappa shape index (κ2) is 5.17. The van der Waals surface area contributed by atoms with Crippen LogP contribution in [0.15, 0.2) is 17.2 Å². The van der Waals surface area contributed by atoms with Gasteiger partial charge in [0.2, 0.25) is 0 Å². The molecular weight excluding hydrogens is 288 g/mol. The van der Waals surface area contributed by atoms with E-state index in [2.05, 4.69) is 0 Å². The summed E-state index contributed by atoms with van der Waals surface area (Å²) < 4.78 is 24.0. The first kappa shape index (κ1) is 16.0. The molecule has 19 heavy (non-hydrogen) atoms. The number of aromatic nitrogens is 1. The highest BCUT2D eigenvalue weighted by atomic mass is 35.7. The molecule has 108 valence electrons. The van der Waals surface area contributed by atoms with E-state index in [0.29, 0.717) is 12.2 Å². The van der Waals surface area contributed by atoms with E-state index < -0.39 is 9.05 Å². The Morgan fingerprint density at radius 1 is 1.42 bits per heavy atom. The van der Waals surface area contributed by atoms with Crippen LogP contribution in [0.2, 0.25) is 0 Å².